The fraction of sp³-hybridized carbons (Fsp3) is 0.118. The molecule has 48 heavy (non-hydrogen) atoms. The second-order valence-electron chi connectivity index (χ2n) is 10.3. The zero-order valence-electron chi connectivity index (χ0n) is 25.3. The zero-order chi connectivity index (χ0) is 33.9. The van der Waals surface area contributed by atoms with Crippen LogP contribution >= 0.6 is 15.9 Å². The summed E-state index contributed by atoms with van der Waals surface area (Å²) in [6.45, 7) is 0.586. The van der Waals surface area contributed by atoms with Crippen LogP contribution in [0.25, 0.3) is 0 Å². The lowest BCUT2D eigenvalue weighted by molar-refractivity contribution is 0.480. The van der Waals surface area contributed by atoms with Crippen molar-refractivity contribution in [3.63, 3.8) is 0 Å². The standard InChI is InChI=1S/C17H14BrN3O3.C17H15N3O4/c18-15-16(22)19-17(23)21(20-15)10-9-12-5-4-8-14(11-12)24-13-6-2-1-3-7-13;21-15-16(22)19-20(17(23)18-15)10-9-12-5-4-8-14(11-12)24-13-6-2-1-3-7-13/h1-8,11H,9-10H2,(H,19,22,23);1-8,11H,9-10H2,(H,19,22)(H,18,21,23). The largest absolute Gasteiger partial charge is 0.457 e. The van der Waals surface area contributed by atoms with Crippen molar-refractivity contribution in [2.75, 3.05) is 0 Å². The van der Waals surface area contributed by atoms with E-state index in [4.69, 9.17) is 9.47 Å². The van der Waals surface area contributed by atoms with E-state index in [1.807, 2.05) is 114 Å². The van der Waals surface area contributed by atoms with Crippen molar-refractivity contribution < 1.29 is 9.47 Å². The molecule has 0 fully saturated rings. The van der Waals surface area contributed by atoms with Crippen LogP contribution in [-0.2, 0) is 25.9 Å². The molecule has 3 N–H and O–H groups in total. The van der Waals surface area contributed by atoms with Gasteiger partial charge >= 0.3 is 22.5 Å². The number of hydrogen-bond donors (Lipinski definition) is 3. The normalized spacial score (nSPS) is 10.5. The van der Waals surface area contributed by atoms with Crippen LogP contribution in [0.4, 0.5) is 0 Å². The number of hydrogen-bond acceptors (Lipinski definition) is 8. The zero-order valence-corrected chi connectivity index (χ0v) is 26.9. The number of nitrogens with zero attached hydrogens (tertiary/aromatic N) is 3. The number of benzene rings is 4. The van der Waals surface area contributed by atoms with Crippen LogP contribution in [0, 0.1) is 0 Å². The lowest BCUT2D eigenvalue weighted by Crippen LogP contribution is -2.43. The summed E-state index contributed by atoms with van der Waals surface area (Å²) in [6.07, 6.45) is 1.07. The van der Waals surface area contributed by atoms with E-state index in [1.165, 1.54) is 4.68 Å². The smallest absolute Gasteiger partial charge is 0.344 e. The van der Waals surface area contributed by atoms with E-state index >= 15 is 0 Å². The Morgan fingerprint density at radius 1 is 0.562 bits per heavy atom. The molecule has 14 heteroatoms. The maximum Gasteiger partial charge on any atom is 0.344 e. The first kappa shape index (κ1) is 33.3. The molecule has 0 spiro atoms. The van der Waals surface area contributed by atoms with Crippen molar-refractivity contribution >= 4 is 15.9 Å². The molecule has 0 radical (unpaired) electrons. The molecule has 0 unspecified atom stereocenters. The second kappa shape index (κ2) is 16.0. The first-order chi connectivity index (χ1) is 23.2. The Bertz CT molecular complexity index is 2280. The Labute approximate surface area is 280 Å². The Balaban J connectivity index is 0.000000188. The van der Waals surface area contributed by atoms with Crippen LogP contribution in [0.5, 0.6) is 23.0 Å². The summed E-state index contributed by atoms with van der Waals surface area (Å²) >= 11 is 3.02. The highest BCUT2D eigenvalue weighted by atomic mass is 79.9. The van der Waals surface area contributed by atoms with Gasteiger partial charge in [0, 0.05) is 6.54 Å². The molecule has 0 aliphatic carbocycles. The van der Waals surface area contributed by atoms with E-state index in [0.717, 1.165) is 33.1 Å². The van der Waals surface area contributed by atoms with Crippen molar-refractivity contribution in [1.29, 1.82) is 0 Å². The van der Waals surface area contributed by atoms with Gasteiger partial charge in [-0.1, -0.05) is 60.7 Å². The van der Waals surface area contributed by atoms with Crippen LogP contribution < -0.4 is 37.5 Å². The van der Waals surface area contributed by atoms with Gasteiger partial charge in [-0.05, 0) is 88.4 Å². The number of rotatable bonds is 10. The highest BCUT2D eigenvalue weighted by molar-refractivity contribution is 9.10. The second-order valence-corrected chi connectivity index (χ2v) is 11.0. The van der Waals surface area contributed by atoms with Crippen molar-refractivity contribution in [2.24, 2.45) is 0 Å². The molecule has 13 nitrogen and oxygen atoms in total. The highest BCUT2D eigenvalue weighted by Gasteiger charge is 2.06. The molecule has 6 rings (SSSR count). The summed E-state index contributed by atoms with van der Waals surface area (Å²) in [6, 6.07) is 34.0. The number of aromatic nitrogens is 6. The predicted octanol–water partition coefficient (Wildman–Crippen LogP) is 3.99. The SMILES string of the molecule is O=c1[nH]c(=O)n(CCc2cccc(Oc3ccccc3)c2)[nH]c1=O.O=c1[nH]c(=O)n(CCc2cccc(Oc3ccccc3)c2)nc1Br. The monoisotopic (exact) mass is 712 g/mol. The first-order valence-electron chi connectivity index (χ1n) is 14.7. The Morgan fingerprint density at radius 3 is 1.62 bits per heavy atom. The van der Waals surface area contributed by atoms with E-state index in [0.29, 0.717) is 25.1 Å². The molecular formula is C34H29BrN6O7. The molecule has 0 amide bonds. The topological polar surface area (TPSA) is 174 Å². The fourth-order valence-corrected chi connectivity index (χ4v) is 4.71. The van der Waals surface area contributed by atoms with Crippen molar-refractivity contribution in [1.82, 2.24) is 29.5 Å². The molecule has 0 saturated heterocycles. The van der Waals surface area contributed by atoms with Crippen molar-refractivity contribution in [2.45, 2.75) is 25.9 Å². The van der Waals surface area contributed by atoms with Gasteiger partial charge in [-0.25, -0.2) is 19.0 Å². The number of halogens is 1. The maximum atomic E-state index is 11.7. The summed E-state index contributed by atoms with van der Waals surface area (Å²) < 4.78 is 13.9. The fourth-order valence-electron chi connectivity index (χ4n) is 4.42. The van der Waals surface area contributed by atoms with Crippen molar-refractivity contribution in [3.8, 4) is 23.0 Å². The third-order valence-corrected chi connectivity index (χ3v) is 7.27. The Morgan fingerprint density at radius 2 is 1.06 bits per heavy atom. The van der Waals surface area contributed by atoms with E-state index in [-0.39, 0.29) is 11.1 Å². The van der Waals surface area contributed by atoms with Gasteiger partial charge in [0.25, 0.3) is 5.56 Å². The molecule has 0 saturated carbocycles. The molecule has 0 aliphatic rings. The first-order valence-corrected chi connectivity index (χ1v) is 15.5. The van der Waals surface area contributed by atoms with Gasteiger partial charge in [-0.15, -0.1) is 0 Å². The van der Waals surface area contributed by atoms with E-state index in [1.54, 1.807) is 0 Å². The van der Waals surface area contributed by atoms with Gasteiger partial charge in [-0.2, -0.15) is 5.10 Å². The number of aryl methyl sites for hydroxylation is 4. The van der Waals surface area contributed by atoms with Gasteiger partial charge in [-0.3, -0.25) is 29.5 Å². The minimum Gasteiger partial charge on any atom is -0.457 e. The Kier molecular flexibility index (Phi) is 11.1. The third-order valence-electron chi connectivity index (χ3n) is 6.75. The molecule has 0 bridgehead atoms. The van der Waals surface area contributed by atoms with E-state index in [2.05, 4.69) is 31.1 Å². The van der Waals surface area contributed by atoms with Gasteiger partial charge in [0.15, 0.2) is 4.60 Å². The van der Waals surface area contributed by atoms with Crippen LogP contribution in [0.15, 0.2) is 138 Å². The molecule has 6 aromatic rings. The van der Waals surface area contributed by atoms with Gasteiger partial charge in [0.05, 0.1) is 6.54 Å². The summed E-state index contributed by atoms with van der Waals surface area (Å²) in [7, 11) is 0. The van der Waals surface area contributed by atoms with E-state index < -0.39 is 28.1 Å². The summed E-state index contributed by atoms with van der Waals surface area (Å²) in [5.41, 5.74) is -1.57. The average molecular weight is 714 g/mol. The minimum atomic E-state index is -0.950. The summed E-state index contributed by atoms with van der Waals surface area (Å²) in [5, 5.41) is 6.17. The molecular weight excluding hydrogens is 684 g/mol. The molecule has 2 heterocycles. The number of nitrogens with one attached hydrogen (secondary N) is 3. The van der Waals surface area contributed by atoms with Crippen LogP contribution in [-0.4, -0.2) is 29.5 Å². The van der Waals surface area contributed by atoms with Gasteiger partial charge in [0.1, 0.15) is 23.0 Å². The third kappa shape index (κ3) is 9.50. The maximum absolute atomic E-state index is 11.7. The quantitative estimate of drug-likeness (QED) is 0.179. The number of para-hydroxylation sites is 2. The van der Waals surface area contributed by atoms with Crippen LogP contribution in [0.1, 0.15) is 11.1 Å². The number of aromatic amines is 3. The van der Waals surface area contributed by atoms with Gasteiger partial charge < -0.3 is 9.47 Å². The average Bonchev–Trinajstić information content (AvgIpc) is 3.08. The lowest BCUT2D eigenvalue weighted by atomic mass is 10.1. The molecule has 244 valence electrons. The summed E-state index contributed by atoms with van der Waals surface area (Å²) in [4.78, 5) is 61.2. The molecule has 2 aromatic heterocycles. The molecule has 0 atom stereocenters. The van der Waals surface area contributed by atoms with Crippen LogP contribution in [0.2, 0.25) is 0 Å². The predicted molar refractivity (Wildman–Crippen MR) is 182 cm³/mol. The van der Waals surface area contributed by atoms with E-state index in [9.17, 15) is 24.0 Å². The van der Waals surface area contributed by atoms with Crippen LogP contribution in [0.3, 0.4) is 0 Å². The highest BCUT2D eigenvalue weighted by Crippen LogP contribution is 2.23. The minimum absolute atomic E-state index is 0.0864. The summed E-state index contributed by atoms with van der Waals surface area (Å²) in [5.74, 6) is 2.90. The molecule has 4 aromatic carbocycles. The Hall–Kier alpha value is -6.02. The lowest BCUT2D eigenvalue weighted by Gasteiger charge is -2.08. The van der Waals surface area contributed by atoms with Crippen molar-refractivity contribution in [3.05, 3.63) is 177 Å². The number of H-pyrrole nitrogens is 3. The van der Waals surface area contributed by atoms with Gasteiger partial charge in [0.2, 0.25) is 0 Å². The number of ether oxygens (including phenoxy) is 2. The molecule has 0 aliphatic heterocycles.